The molecular formula is C17H17NO3. The van der Waals surface area contributed by atoms with Crippen molar-refractivity contribution < 1.29 is 14.3 Å². The van der Waals surface area contributed by atoms with E-state index < -0.39 is 0 Å². The summed E-state index contributed by atoms with van der Waals surface area (Å²) in [5.41, 5.74) is 4.02. The topological polar surface area (TPSA) is 47.6 Å². The molecule has 1 heterocycles. The van der Waals surface area contributed by atoms with Crippen molar-refractivity contribution in [1.29, 1.82) is 0 Å². The molecule has 1 aliphatic rings. The molecule has 1 N–H and O–H groups in total. The van der Waals surface area contributed by atoms with E-state index in [1.807, 2.05) is 18.2 Å². The molecule has 3 rings (SSSR count). The molecule has 0 unspecified atom stereocenters. The fourth-order valence-corrected chi connectivity index (χ4v) is 2.40. The number of carbonyl (C=O) groups excluding carboxylic acids is 1. The molecule has 2 aromatic rings. The van der Waals surface area contributed by atoms with Crippen LogP contribution < -0.4 is 10.1 Å². The van der Waals surface area contributed by atoms with Crippen LogP contribution in [0.4, 0.5) is 5.69 Å². The number of hydrogen-bond acceptors (Lipinski definition) is 4. The van der Waals surface area contributed by atoms with Crippen LogP contribution in [0.3, 0.4) is 0 Å². The molecule has 0 radical (unpaired) electrons. The number of hydrogen-bond donors (Lipinski definition) is 1. The van der Waals surface area contributed by atoms with Crippen molar-refractivity contribution in [2.75, 3.05) is 19.0 Å². The van der Waals surface area contributed by atoms with Gasteiger partial charge in [-0.25, -0.2) is 4.79 Å². The maximum Gasteiger partial charge on any atom is 0.337 e. The molecule has 0 saturated carbocycles. The maximum absolute atomic E-state index is 11.4. The van der Waals surface area contributed by atoms with Crippen LogP contribution in [0.25, 0.3) is 0 Å². The first kappa shape index (κ1) is 13.5. The molecule has 21 heavy (non-hydrogen) atoms. The predicted molar refractivity (Wildman–Crippen MR) is 80.7 cm³/mol. The molecule has 0 atom stereocenters. The van der Waals surface area contributed by atoms with E-state index >= 15 is 0 Å². The largest absolute Gasteiger partial charge is 0.493 e. The second kappa shape index (κ2) is 5.87. The van der Waals surface area contributed by atoms with E-state index in [0.29, 0.717) is 5.56 Å². The van der Waals surface area contributed by atoms with Crippen LogP contribution in [0, 0.1) is 0 Å². The van der Waals surface area contributed by atoms with Crippen molar-refractivity contribution in [2.24, 2.45) is 0 Å². The van der Waals surface area contributed by atoms with E-state index in [2.05, 4.69) is 22.2 Å². The van der Waals surface area contributed by atoms with Crippen molar-refractivity contribution in [2.45, 2.75) is 13.0 Å². The Balaban J connectivity index is 1.63. The van der Waals surface area contributed by atoms with Gasteiger partial charge in [-0.1, -0.05) is 12.1 Å². The van der Waals surface area contributed by atoms with Crippen LogP contribution >= 0.6 is 0 Å². The van der Waals surface area contributed by atoms with E-state index in [1.165, 1.54) is 18.2 Å². The van der Waals surface area contributed by atoms with Crippen molar-refractivity contribution in [3.8, 4) is 5.75 Å². The summed E-state index contributed by atoms with van der Waals surface area (Å²) in [6.07, 6.45) is 0.983. The Kier molecular flexibility index (Phi) is 3.77. The average Bonchev–Trinajstić information content (AvgIpc) is 3.00. The van der Waals surface area contributed by atoms with Gasteiger partial charge in [0.1, 0.15) is 5.75 Å². The van der Waals surface area contributed by atoms with Gasteiger partial charge in [-0.2, -0.15) is 0 Å². The van der Waals surface area contributed by atoms with Crippen molar-refractivity contribution in [3.05, 3.63) is 59.2 Å². The normalized spacial score (nSPS) is 12.4. The smallest absolute Gasteiger partial charge is 0.337 e. The number of anilines is 1. The summed E-state index contributed by atoms with van der Waals surface area (Å²) in [5, 5.41) is 3.34. The van der Waals surface area contributed by atoms with Gasteiger partial charge in [0.25, 0.3) is 0 Å². The number of benzene rings is 2. The van der Waals surface area contributed by atoms with Crippen LogP contribution in [0.2, 0.25) is 0 Å². The van der Waals surface area contributed by atoms with Crippen molar-refractivity contribution >= 4 is 11.7 Å². The molecule has 0 aromatic heterocycles. The zero-order valence-electron chi connectivity index (χ0n) is 11.9. The highest BCUT2D eigenvalue weighted by atomic mass is 16.5. The number of ether oxygens (including phenoxy) is 2. The molecule has 4 nitrogen and oxygen atoms in total. The van der Waals surface area contributed by atoms with E-state index in [-0.39, 0.29) is 5.97 Å². The number of methoxy groups -OCH3 is 1. The van der Waals surface area contributed by atoms with E-state index in [9.17, 15) is 4.79 Å². The minimum absolute atomic E-state index is 0.319. The summed E-state index contributed by atoms with van der Waals surface area (Å²) in [6.45, 7) is 1.52. The Bertz CT molecular complexity index is 650. The van der Waals surface area contributed by atoms with Gasteiger partial charge < -0.3 is 14.8 Å². The molecule has 0 amide bonds. The number of rotatable bonds is 4. The third-order valence-corrected chi connectivity index (χ3v) is 3.56. The highest BCUT2D eigenvalue weighted by molar-refractivity contribution is 5.89. The van der Waals surface area contributed by atoms with Gasteiger partial charge in [0.15, 0.2) is 0 Å². The van der Waals surface area contributed by atoms with Gasteiger partial charge in [-0.15, -0.1) is 0 Å². The lowest BCUT2D eigenvalue weighted by atomic mass is 10.1. The molecule has 4 heteroatoms. The Hall–Kier alpha value is -2.49. The summed E-state index contributed by atoms with van der Waals surface area (Å²) in [7, 11) is 1.38. The maximum atomic E-state index is 11.4. The summed E-state index contributed by atoms with van der Waals surface area (Å²) in [6, 6.07) is 13.5. The van der Waals surface area contributed by atoms with E-state index in [0.717, 1.165) is 31.0 Å². The zero-order chi connectivity index (χ0) is 14.7. The Morgan fingerprint density at radius 1 is 1.24 bits per heavy atom. The molecule has 0 spiro atoms. The predicted octanol–water partition coefficient (Wildman–Crippen LogP) is 3.02. The highest BCUT2D eigenvalue weighted by Gasteiger charge is 2.11. The van der Waals surface area contributed by atoms with Gasteiger partial charge in [-0.3, -0.25) is 0 Å². The molecule has 1 aliphatic heterocycles. The van der Waals surface area contributed by atoms with Crippen LogP contribution in [0.1, 0.15) is 21.5 Å². The van der Waals surface area contributed by atoms with E-state index in [4.69, 9.17) is 4.74 Å². The minimum atomic E-state index is -0.319. The first-order chi connectivity index (χ1) is 10.3. The third kappa shape index (κ3) is 2.99. The second-order valence-electron chi connectivity index (χ2n) is 4.96. The third-order valence-electron chi connectivity index (χ3n) is 3.56. The fraction of sp³-hybridized carbons (Fsp3) is 0.235. The quantitative estimate of drug-likeness (QED) is 0.876. The van der Waals surface area contributed by atoms with Crippen molar-refractivity contribution in [3.63, 3.8) is 0 Å². The Morgan fingerprint density at radius 3 is 2.81 bits per heavy atom. The number of carbonyl (C=O) groups is 1. The summed E-state index contributed by atoms with van der Waals surface area (Å²) >= 11 is 0. The number of fused-ring (bicyclic) bond motifs is 1. The summed E-state index contributed by atoms with van der Waals surface area (Å²) in [5.74, 6) is 0.682. The van der Waals surface area contributed by atoms with Gasteiger partial charge in [0.05, 0.1) is 19.3 Å². The number of esters is 1. The van der Waals surface area contributed by atoms with Gasteiger partial charge in [0, 0.05) is 18.7 Å². The minimum Gasteiger partial charge on any atom is -0.493 e. The molecule has 108 valence electrons. The van der Waals surface area contributed by atoms with Gasteiger partial charge >= 0.3 is 5.97 Å². The standard InChI is InChI=1S/C17H17NO3/c1-20-17(19)13-3-5-15(6-4-13)18-11-12-2-7-16-14(10-12)8-9-21-16/h2-7,10,18H,8-9,11H2,1H3. The molecule has 2 aromatic carbocycles. The van der Waals surface area contributed by atoms with Crippen LogP contribution in [0.15, 0.2) is 42.5 Å². The SMILES string of the molecule is COC(=O)c1ccc(NCc2ccc3c(c2)CCO3)cc1. The lowest BCUT2D eigenvalue weighted by Gasteiger charge is -2.08. The van der Waals surface area contributed by atoms with E-state index in [1.54, 1.807) is 12.1 Å². The Morgan fingerprint density at radius 2 is 2.05 bits per heavy atom. The zero-order valence-corrected chi connectivity index (χ0v) is 11.9. The first-order valence-corrected chi connectivity index (χ1v) is 6.93. The Labute approximate surface area is 123 Å². The number of nitrogens with one attached hydrogen (secondary N) is 1. The summed E-state index contributed by atoms with van der Waals surface area (Å²) in [4.78, 5) is 11.4. The highest BCUT2D eigenvalue weighted by Crippen LogP contribution is 2.26. The molecule has 0 fully saturated rings. The second-order valence-corrected chi connectivity index (χ2v) is 4.96. The van der Waals surface area contributed by atoms with Crippen LogP contribution in [-0.2, 0) is 17.7 Å². The molecular weight excluding hydrogens is 266 g/mol. The lowest BCUT2D eigenvalue weighted by Crippen LogP contribution is -2.02. The van der Waals surface area contributed by atoms with Crippen molar-refractivity contribution in [1.82, 2.24) is 0 Å². The average molecular weight is 283 g/mol. The first-order valence-electron chi connectivity index (χ1n) is 6.93. The van der Waals surface area contributed by atoms with Crippen LogP contribution in [-0.4, -0.2) is 19.7 Å². The fourth-order valence-electron chi connectivity index (χ4n) is 2.40. The molecule has 0 aliphatic carbocycles. The summed E-state index contributed by atoms with van der Waals surface area (Å²) < 4.78 is 10.2. The molecule has 0 saturated heterocycles. The molecule has 0 bridgehead atoms. The monoisotopic (exact) mass is 283 g/mol. The van der Waals surface area contributed by atoms with Crippen LogP contribution in [0.5, 0.6) is 5.75 Å². The lowest BCUT2D eigenvalue weighted by molar-refractivity contribution is 0.0601. The van der Waals surface area contributed by atoms with Gasteiger partial charge in [0.2, 0.25) is 0 Å². The van der Waals surface area contributed by atoms with Gasteiger partial charge in [-0.05, 0) is 41.5 Å².